The van der Waals surface area contributed by atoms with Gasteiger partial charge in [-0.1, -0.05) is 28.4 Å². The highest BCUT2D eigenvalue weighted by Crippen LogP contribution is 2.33. The maximum Gasteiger partial charge on any atom is 0.417 e. The second-order valence-corrected chi connectivity index (χ2v) is 5.38. The smallest absolute Gasteiger partial charge is 0.357 e. The standard InChI is InChI=1S/C15H9Cl2F4NO/c1-8(22-23-10-3-5-14(18)13(17)7-10)11-6-9(16)2-4-12(11)15(19,20)21/h2-7H,1H3. The number of oxime groups is 1. The van der Waals surface area contributed by atoms with Crippen LogP contribution in [0.1, 0.15) is 18.1 Å². The lowest BCUT2D eigenvalue weighted by atomic mass is 10.0. The molecule has 2 aromatic rings. The van der Waals surface area contributed by atoms with Gasteiger partial charge in [-0.3, -0.25) is 0 Å². The molecule has 0 bridgehead atoms. The molecule has 0 spiro atoms. The topological polar surface area (TPSA) is 21.6 Å². The molecule has 0 heterocycles. The highest BCUT2D eigenvalue weighted by atomic mass is 35.5. The SMILES string of the molecule is CC(=NOc1ccc(F)c(Cl)c1)c1cc(Cl)ccc1C(F)(F)F. The number of rotatable bonds is 3. The molecular formula is C15H9Cl2F4NO. The van der Waals surface area contributed by atoms with Crippen LogP contribution in [0.15, 0.2) is 41.6 Å². The van der Waals surface area contributed by atoms with Crippen molar-refractivity contribution in [3.63, 3.8) is 0 Å². The number of hydrogen-bond donors (Lipinski definition) is 0. The van der Waals surface area contributed by atoms with Gasteiger partial charge in [0.15, 0.2) is 5.75 Å². The third-order valence-electron chi connectivity index (χ3n) is 2.86. The molecule has 2 nitrogen and oxygen atoms in total. The minimum atomic E-state index is -4.56. The van der Waals surface area contributed by atoms with Crippen LogP contribution in [-0.4, -0.2) is 5.71 Å². The van der Waals surface area contributed by atoms with Crippen molar-refractivity contribution in [3.05, 3.63) is 63.4 Å². The lowest BCUT2D eigenvalue weighted by Gasteiger charge is -2.12. The summed E-state index contributed by atoms with van der Waals surface area (Å²) in [6.07, 6.45) is -4.56. The summed E-state index contributed by atoms with van der Waals surface area (Å²) in [5, 5.41) is 3.57. The molecule has 0 aliphatic heterocycles. The van der Waals surface area contributed by atoms with Crippen molar-refractivity contribution >= 4 is 28.9 Å². The van der Waals surface area contributed by atoms with Crippen LogP contribution in [0.5, 0.6) is 5.75 Å². The van der Waals surface area contributed by atoms with Crippen LogP contribution in [-0.2, 0) is 6.18 Å². The van der Waals surface area contributed by atoms with Gasteiger partial charge in [-0.2, -0.15) is 13.2 Å². The summed E-state index contributed by atoms with van der Waals surface area (Å²) in [5.41, 5.74) is -1.14. The molecule has 8 heteroatoms. The van der Waals surface area contributed by atoms with E-state index in [1.807, 2.05) is 0 Å². The molecule has 0 radical (unpaired) electrons. The van der Waals surface area contributed by atoms with Gasteiger partial charge in [-0.25, -0.2) is 4.39 Å². The molecule has 0 amide bonds. The second kappa shape index (κ2) is 6.76. The highest BCUT2D eigenvalue weighted by molar-refractivity contribution is 6.31. The first kappa shape index (κ1) is 17.6. The first-order valence-electron chi connectivity index (χ1n) is 6.22. The van der Waals surface area contributed by atoms with Crippen molar-refractivity contribution in [2.75, 3.05) is 0 Å². The number of halogens is 6. The summed E-state index contributed by atoms with van der Waals surface area (Å²) in [6, 6.07) is 6.62. The zero-order chi connectivity index (χ0) is 17.2. The molecule has 0 aromatic heterocycles. The summed E-state index contributed by atoms with van der Waals surface area (Å²) in [5.74, 6) is -0.555. The molecule has 23 heavy (non-hydrogen) atoms. The van der Waals surface area contributed by atoms with Crippen LogP contribution < -0.4 is 4.84 Å². The molecule has 0 fully saturated rings. The van der Waals surface area contributed by atoms with Crippen LogP contribution in [0.3, 0.4) is 0 Å². The van der Waals surface area contributed by atoms with Gasteiger partial charge in [-0.15, -0.1) is 0 Å². The van der Waals surface area contributed by atoms with E-state index in [-0.39, 0.29) is 27.1 Å². The summed E-state index contributed by atoms with van der Waals surface area (Å²) in [7, 11) is 0. The maximum atomic E-state index is 13.0. The molecule has 0 saturated carbocycles. The van der Waals surface area contributed by atoms with E-state index >= 15 is 0 Å². The van der Waals surface area contributed by atoms with Gasteiger partial charge < -0.3 is 4.84 Å². The van der Waals surface area contributed by atoms with Gasteiger partial charge in [0.25, 0.3) is 0 Å². The van der Waals surface area contributed by atoms with Gasteiger partial charge >= 0.3 is 6.18 Å². The Labute approximate surface area is 139 Å². The fourth-order valence-corrected chi connectivity index (χ4v) is 2.11. The van der Waals surface area contributed by atoms with Gasteiger partial charge in [0.05, 0.1) is 16.3 Å². The van der Waals surface area contributed by atoms with Crippen LogP contribution in [0.2, 0.25) is 10.0 Å². The van der Waals surface area contributed by atoms with E-state index in [1.54, 1.807) is 0 Å². The molecule has 0 aliphatic carbocycles. The molecule has 0 atom stereocenters. The van der Waals surface area contributed by atoms with Gasteiger partial charge in [0.1, 0.15) is 5.82 Å². The molecule has 122 valence electrons. The summed E-state index contributed by atoms with van der Waals surface area (Å²) in [4.78, 5) is 4.99. The molecule has 0 unspecified atom stereocenters. The first-order valence-corrected chi connectivity index (χ1v) is 6.98. The fraction of sp³-hybridized carbons (Fsp3) is 0.133. The highest BCUT2D eigenvalue weighted by Gasteiger charge is 2.34. The van der Waals surface area contributed by atoms with Gasteiger partial charge in [-0.05, 0) is 37.3 Å². The molecule has 0 N–H and O–H groups in total. The number of nitrogens with zero attached hydrogens (tertiary/aromatic N) is 1. The van der Waals surface area contributed by atoms with E-state index in [2.05, 4.69) is 5.16 Å². The van der Waals surface area contributed by atoms with E-state index < -0.39 is 17.6 Å². The van der Waals surface area contributed by atoms with Crippen LogP contribution in [0.4, 0.5) is 17.6 Å². The van der Waals surface area contributed by atoms with Crippen molar-refractivity contribution < 1.29 is 22.4 Å². The predicted octanol–water partition coefficient (Wildman–Crippen LogP) is 5.95. The van der Waals surface area contributed by atoms with Crippen LogP contribution in [0.25, 0.3) is 0 Å². The van der Waals surface area contributed by atoms with Crippen molar-refractivity contribution in [1.82, 2.24) is 0 Å². The summed E-state index contributed by atoms with van der Waals surface area (Å²) >= 11 is 11.3. The molecule has 2 aromatic carbocycles. The van der Waals surface area contributed by atoms with E-state index in [0.29, 0.717) is 0 Å². The summed E-state index contributed by atoms with van der Waals surface area (Å²) in [6.45, 7) is 1.34. The van der Waals surface area contributed by atoms with E-state index in [4.69, 9.17) is 28.0 Å². The molecular weight excluding hydrogens is 357 g/mol. The Hall–Kier alpha value is -1.79. The monoisotopic (exact) mass is 365 g/mol. The lowest BCUT2D eigenvalue weighted by molar-refractivity contribution is -0.137. The fourth-order valence-electron chi connectivity index (χ4n) is 1.77. The average Bonchev–Trinajstić information content (AvgIpc) is 2.46. The summed E-state index contributed by atoms with van der Waals surface area (Å²) < 4.78 is 52.0. The van der Waals surface area contributed by atoms with Crippen molar-refractivity contribution in [2.24, 2.45) is 5.16 Å². The zero-order valence-electron chi connectivity index (χ0n) is 11.6. The lowest BCUT2D eigenvalue weighted by Crippen LogP contribution is -2.12. The molecule has 0 aliphatic rings. The Morgan fingerprint density at radius 2 is 1.78 bits per heavy atom. The van der Waals surface area contributed by atoms with E-state index in [9.17, 15) is 17.6 Å². The number of hydrogen-bond acceptors (Lipinski definition) is 2. The van der Waals surface area contributed by atoms with Crippen LogP contribution in [0, 0.1) is 5.82 Å². The first-order chi connectivity index (χ1) is 10.7. The Kier molecular flexibility index (Phi) is 5.16. The van der Waals surface area contributed by atoms with Gasteiger partial charge in [0.2, 0.25) is 0 Å². The Morgan fingerprint density at radius 3 is 2.39 bits per heavy atom. The zero-order valence-corrected chi connectivity index (χ0v) is 13.1. The third kappa shape index (κ3) is 4.36. The quantitative estimate of drug-likeness (QED) is 0.374. The molecule has 2 rings (SSSR count). The van der Waals surface area contributed by atoms with E-state index in [1.165, 1.54) is 13.0 Å². The van der Waals surface area contributed by atoms with Crippen molar-refractivity contribution in [2.45, 2.75) is 13.1 Å². The second-order valence-electron chi connectivity index (χ2n) is 4.53. The third-order valence-corrected chi connectivity index (χ3v) is 3.38. The number of benzene rings is 2. The average molecular weight is 366 g/mol. The Balaban J connectivity index is 2.34. The minimum Gasteiger partial charge on any atom is -0.357 e. The van der Waals surface area contributed by atoms with Crippen LogP contribution >= 0.6 is 23.2 Å². The van der Waals surface area contributed by atoms with Crippen molar-refractivity contribution in [1.29, 1.82) is 0 Å². The normalized spacial score (nSPS) is 12.4. The van der Waals surface area contributed by atoms with Gasteiger partial charge in [0, 0.05) is 16.7 Å². The number of alkyl halides is 3. The molecule has 0 saturated heterocycles. The van der Waals surface area contributed by atoms with E-state index in [0.717, 1.165) is 30.3 Å². The largest absolute Gasteiger partial charge is 0.417 e. The van der Waals surface area contributed by atoms with Crippen molar-refractivity contribution in [3.8, 4) is 5.75 Å². The predicted molar refractivity (Wildman–Crippen MR) is 80.7 cm³/mol. The Morgan fingerprint density at radius 1 is 1.09 bits per heavy atom. The minimum absolute atomic E-state index is 0.0414. The Bertz CT molecular complexity index is 760. The maximum absolute atomic E-state index is 13.0.